The highest BCUT2D eigenvalue weighted by molar-refractivity contribution is 5.96. The van der Waals surface area contributed by atoms with Crippen LogP contribution in [-0.2, 0) is 19.9 Å². The van der Waals surface area contributed by atoms with Gasteiger partial charge in [0.1, 0.15) is 5.69 Å². The van der Waals surface area contributed by atoms with E-state index < -0.39 is 0 Å². The molecule has 1 aromatic carbocycles. The molecular formula is C19H23N3O. The topological polar surface area (TPSA) is 46.9 Å². The maximum Gasteiger partial charge on any atom is 0.270 e. The smallest absolute Gasteiger partial charge is 0.270 e. The molecule has 0 radical (unpaired) electrons. The quantitative estimate of drug-likeness (QED) is 0.925. The van der Waals surface area contributed by atoms with Crippen molar-refractivity contribution in [1.82, 2.24) is 15.1 Å². The van der Waals surface area contributed by atoms with Crippen molar-refractivity contribution in [3.05, 3.63) is 41.1 Å². The maximum atomic E-state index is 12.8. The van der Waals surface area contributed by atoms with Crippen molar-refractivity contribution in [1.29, 1.82) is 0 Å². The Bertz CT molecular complexity index is 741. The molecule has 4 nitrogen and oxygen atoms in total. The Morgan fingerprint density at radius 3 is 2.78 bits per heavy atom. The molecule has 4 rings (SSSR count). The minimum atomic E-state index is 0.0486. The van der Waals surface area contributed by atoms with Crippen LogP contribution in [0, 0.1) is 0 Å². The van der Waals surface area contributed by atoms with Gasteiger partial charge >= 0.3 is 0 Å². The maximum absolute atomic E-state index is 12.8. The fraction of sp³-hybridized carbons (Fsp3) is 0.474. The summed E-state index contributed by atoms with van der Waals surface area (Å²) in [5.41, 5.74) is 5.36. The van der Waals surface area contributed by atoms with Crippen LogP contribution in [0.5, 0.6) is 0 Å². The zero-order valence-corrected chi connectivity index (χ0v) is 13.6. The average molecular weight is 309 g/mol. The summed E-state index contributed by atoms with van der Waals surface area (Å²) in [6, 6.07) is 8.73. The van der Waals surface area contributed by atoms with Crippen LogP contribution < -0.4 is 5.32 Å². The predicted octanol–water partition coefficient (Wildman–Crippen LogP) is 3.25. The van der Waals surface area contributed by atoms with E-state index in [-0.39, 0.29) is 5.91 Å². The molecule has 120 valence electrons. The highest BCUT2D eigenvalue weighted by Crippen LogP contribution is 2.34. The summed E-state index contributed by atoms with van der Waals surface area (Å²) in [5, 5.41) is 7.90. The zero-order chi connectivity index (χ0) is 15.8. The summed E-state index contributed by atoms with van der Waals surface area (Å²) in [6.45, 7) is 0. The second-order valence-electron chi connectivity index (χ2n) is 6.76. The molecule has 0 bridgehead atoms. The van der Waals surface area contributed by atoms with Gasteiger partial charge in [-0.3, -0.25) is 9.48 Å². The molecule has 1 fully saturated rings. The van der Waals surface area contributed by atoms with Crippen LogP contribution in [0.15, 0.2) is 24.3 Å². The Kier molecular flexibility index (Phi) is 3.68. The number of aromatic nitrogens is 2. The molecule has 2 aliphatic carbocycles. The van der Waals surface area contributed by atoms with E-state index in [1.54, 1.807) is 4.68 Å². The average Bonchev–Trinajstić information content (AvgIpc) is 2.92. The van der Waals surface area contributed by atoms with Gasteiger partial charge in [0.2, 0.25) is 0 Å². The molecule has 23 heavy (non-hydrogen) atoms. The van der Waals surface area contributed by atoms with Gasteiger partial charge in [0.05, 0.1) is 5.69 Å². The summed E-state index contributed by atoms with van der Waals surface area (Å²) in [4.78, 5) is 12.8. The highest BCUT2D eigenvalue weighted by Gasteiger charge is 2.28. The van der Waals surface area contributed by atoms with Crippen molar-refractivity contribution in [2.24, 2.45) is 7.05 Å². The van der Waals surface area contributed by atoms with Gasteiger partial charge in [-0.05, 0) is 31.2 Å². The third-order valence-corrected chi connectivity index (χ3v) is 5.22. The van der Waals surface area contributed by atoms with Crippen molar-refractivity contribution in [3.63, 3.8) is 0 Å². The van der Waals surface area contributed by atoms with Crippen LogP contribution in [0.2, 0.25) is 0 Å². The molecule has 1 saturated carbocycles. The van der Waals surface area contributed by atoms with Crippen LogP contribution in [-0.4, -0.2) is 21.7 Å². The number of rotatable bonds is 2. The molecule has 2 aromatic rings. The lowest BCUT2D eigenvalue weighted by Crippen LogP contribution is -2.37. The van der Waals surface area contributed by atoms with Crippen LogP contribution in [0.25, 0.3) is 11.3 Å². The van der Waals surface area contributed by atoms with Gasteiger partial charge in [0, 0.05) is 24.2 Å². The number of carbonyl (C=O) groups is 1. The predicted molar refractivity (Wildman–Crippen MR) is 90.4 cm³/mol. The number of fused-ring (bicyclic) bond motifs is 3. The van der Waals surface area contributed by atoms with Crippen LogP contribution in [0.4, 0.5) is 0 Å². The van der Waals surface area contributed by atoms with Gasteiger partial charge in [0.15, 0.2) is 0 Å². The summed E-state index contributed by atoms with van der Waals surface area (Å²) >= 11 is 0. The lowest BCUT2D eigenvalue weighted by molar-refractivity contribution is 0.0917. The normalized spacial score (nSPS) is 17.4. The molecule has 0 unspecified atom stereocenters. The minimum Gasteiger partial charge on any atom is -0.348 e. The zero-order valence-electron chi connectivity index (χ0n) is 13.6. The lowest BCUT2D eigenvalue weighted by atomic mass is 9.89. The van der Waals surface area contributed by atoms with Crippen molar-refractivity contribution in [2.45, 2.75) is 51.0 Å². The SMILES string of the molecule is Cn1nc2c(c1C(=O)NC1CCCCC1)CCc1ccccc1-2. The van der Waals surface area contributed by atoms with E-state index in [9.17, 15) is 4.79 Å². The van der Waals surface area contributed by atoms with Crippen LogP contribution in [0.1, 0.15) is 53.7 Å². The van der Waals surface area contributed by atoms with Gasteiger partial charge in [-0.15, -0.1) is 0 Å². The Morgan fingerprint density at radius 1 is 1.17 bits per heavy atom. The number of nitrogens with one attached hydrogen (secondary N) is 1. The number of aryl methyl sites for hydroxylation is 2. The molecular weight excluding hydrogens is 286 g/mol. The largest absolute Gasteiger partial charge is 0.348 e. The third kappa shape index (κ3) is 2.56. The number of carbonyl (C=O) groups excluding carboxylic acids is 1. The number of hydrogen-bond acceptors (Lipinski definition) is 2. The van der Waals surface area contributed by atoms with Gasteiger partial charge in [-0.1, -0.05) is 43.5 Å². The van der Waals surface area contributed by atoms with Crippen molar-refractivity contribution in [2.75, 3.05) is 0 Å². The first-order valence-electron chi connectivity index (χ1n) is 8.69. The monoisotopic (exact) mass is 309 g/mol. The van der Waals surface area contributed by atoms with E-state index in [2.05, 4.69) is 28.6 Å². The molecule has 0 saturated heterocycles. The van der Waals surface area contributed by atoms with E-state index in [1.165, 1.54) is 30.4 Å². The summed E-state index contributed by atoms with van der Waals surface area (Å²) in [5.74, 6) is 0.0486. The number of amides is 1. The minimum absolute atomic E-state index is 0.0486. The van der Waals surface area contributed by atoms with E-state index in [4.69, 9.17) is 0 Å². The highest BCUT2D eigenvalue weighted by atomic mass is 16.2. The second-order valence-corrected chi connectivity index (χ2v) is 6.76. The summed E-state index contributed by atoms with van der Waals surface area (Å²) in [7, 11) is 1.89. The lowest BCUT2D eigenvalue weighted by Gasteiger charge is -2.23. The molecule has 1 heterocycles. The van der Waals surface area contributed by atoms with E-state index >= 15 is 0 Å². The molecule has 1 N–H and O–H groups in total. The number of benzene rings is 1. The van der Waals surface area contributed by atoms with E-state index in [1.807, 2.05) is 13.1 Å². The number of nitrogens with zero attached hydrogens (tertiary/aromatic N) is 2. The molecule has 2 aliphatic rings. The standard InChI is InChI=1S/C19H23N3O/c1-22-18(19(23)20-14-8-3-2-4-9-14)16-12-11-13-7-5-6-10-15(13)17(16)21-22/h5-7,10,14H,2-4,8-9,11-12H2,1H3,(H,20,23). The van der Waals surface area contributed by atoms with Crippen LogP contribution in [0.3, 0.4) is 0 Å². The first-order valence-corrected chi connectivity index (χ1v) is 8.69. The van der Waals surface area contributed by atoms with Gasteiger partial charge < -0.3 is 5.32 Å². The molecule has 1 amide bonds. The first kappa shape index (κ1) is 14.5. The Balaban J connectivity index is 1.66. The third-order valence-electron chi connectivity index (χ3n) is 5.22. The van der Waals surface area contributed by atoms with Gasteiger partial charge in [0.25, 0.3) is 5.91 Å². The molecule has 0 atom stereocenters. The Hall–Kier alpha value is -2.10. The fourth-order valence-electron chi connectivity index (χ4n) is 4.03. The van der Waals surface area contributed by atoms with Crippen molar-refractivity contribution in [3.8, 4) is 11.3 Å². The summed E-state index contributed by atoms with van der Waals surface area (Å²) in [6.07, 6.45) is 7.84. The molecule has 4 heteroatoms. The Morgan fingerprint density at radius 2 is 1.96 bits per heavy atom. The first-order chi connectivity index (χ1) is 11.2. The molecule has 1 aromatic heterocycles. The second kappa shape index (κ2) is 5.84. The van der Waals surface area contributed by atoms with Crippen molar-refractivity contribution >= 4 is 5.91 Å². The number of hydrogen-bond donors (Lipinski definition) is 1. The fourth-order valence-corrected chi connectivity index (χ4v) is 4.03. The van der Waals surface area contributed by atoms with E-state index in [0.717, 1.165) is 42.6 Å². The molecule has 0 aliphatic heterocycles. The van der Waals surface area contributed by atoms with Gasteiger partial charge in [-0.25, -0.2) is 0 Å². The van der Waals surface area contributed by atoms with Gasteiger partial charge in [-0.2, -0.15) is 5.10 Å². The Labute approximate surface area is 136 Å². The molecule has 0 spiro atoms. The van der Waals surface area contributed by atoms with Crippen LogP contribution >= 0.6 is 0 Å². The van der Waals surface area contributed by atoms with E-state index in [0.29, 0.717) is 6.04 Å². The van der Waals surface area contributed by atoms with Crippen molar-refractivity contribution < 1.29 is 4.79 Å². The summed E-state index contributed by atoms with van der Waals surface area (Å²) < 4.78 is 1.77.